The zero-order chi connectivity index (χ0) is 14.8. The van der Waals surface area contributed by atoms with Crippen molar-refractivity contribution >= 4 is 37.9 Å². The lowest BCUT2D eigenvalue weighted by Crippen LogP contribution is -1.71. The summed E-state index contributed by atoms with van der Waals surface area (Å²) < 4.78 is 47.0. The van der Waals surface area contributed by atoms with Crippen LogP contribution in [0.4, 0.5) is 0 Å². The normalized spacial score (nSPS) is 17.2. The molecule has 3 heteroatoms. The van der Waals surface area contributed by atoms with Gasteiger partial charge in [-0.1, -0.05) is 15.9 Å². The lowest BCUT2D eigenvalue weighted by molar-refractivity contribution is 1.35. The first kappa shape index (κ1) is 4.03. The maximum Gasteiger partial charge on any atom is 0.138 e. The Morgan fingerprint density at radius 1 is 1.29 bits per heavy atom. The number of hydrogen-bond donors (Lipinski definition) is 1. The van der Waals surface area contributed by atoms with E-state index < -0.39 is 0 Å². The van der Waals surface area contributed by atoms with Gasteiger partial charge in [0.05, 0.1) is 8.22 Å². The Bertz CT molecular complexity index is 888. The fourth-order valence-electron chi connectivity index (χ4n) is 1.34. The molecule has 0 fully saturated rings. The number of rotatable bonds is 0. The largest absolute Gasteiger partial charge is 0.339 e. The fourth-order valence-corrected chi connectivity index (χ4v) is 1.64. The SMILES string of the molecule is [2H]c1nc2[nH]c3c([2H])c([2H])c(Br)c([2H])c3c2c([2H])c1[2H]. The number of halogens is 1. The van der Waals surface area contributed by atoms with Crippen LogP contribution in [0.5, 0.6) is 0 Å². The van der Waals surface area contributed by atoms with Gasteiger partial charge >= 0.3 is 0 Å². The third-order valence-electron chi connectivity index (χ3n) is 1.92. The van der Waals surface area contributed by atoms with Crippen LogP contribution >= 0.6 is 15.9 Å². The Labute approximate surface area is 97.5 Å². The first-order valence-electron chi connectivity index (χ1n) is 6.89. The minimum atomic E-state index is -0.336. The molecule has 0 amide bonds. The molecule has 3 rings (SSSR count). The molecule has 0 aliphatic rings. The van der Waals surface area contributed by atoms with Gasteiger partial charge in [-0.15, -0.1) is 0 Å². The average molecular weight is 253 g/mol. The van der Waals surface area contributed by atoms with Crippen LogP contribution in [0.1, 0.15) is 8.22 Å². The molecule has 0 saturated carbocycles. The van der Waals surface area contributed by atoms with Crippen molar-refractivity contribution in [2.75, 3.05) is 0 Å². The lowest BCUT2D eigenvalue weighted by atomic mass is 10.2. The summed E-state index contributed by atoms with van der Waals surface area (Å²) in [4.78, 5) is 6.66. The van der Waals surface area contributed by atoms with E-state index in [1.54, 1.807) is 0 Å². The van der Waals surface area contributed by atoms with Crippen LogP contribution < -0.4 is 0 Å². The summed E-state index contributed by atoms with van der Waals surface area (Å²) in [5.41, 5.74) is 0.412. The van der Waals surface area contributed by atoms with Gasteiger partial charge in [0.25, 0.3) is 0 Å². The summed E-state index contributed by atoms with van der Waals surface area (Å²) in [6, 6.07) is -0.796. The van der Waals surface area contributed by atoms with Crippen molar-refractivity contribution < 1.29 is 8.22 Å². The van der Waals surface area contributed by atoms with Gasteiger partial charge in [-0.25, -0.2) is 4.98 Å². The fraction of sp³-hybridized carbons (Fsp3) is 0. The van der Waals surface area contributed by atoms with E-state index in [-0.39, 0.29) is 62.8 Å². The summed E-state index contributed by atoms with van der Waals surface area (Å²) >= 11 is 3.10. The monoisotopic (exact) mass is 252 g/mol. The Morgan fingerprint density at radius 3 is 3.14 bits per heavy atom. The maximum atomic E-state index is 8.06. The highest BCUT2D eigenvalue weighted by molar-refractivity contribution is 9.10. The number of nitrogens with one attached hydrogen (secondary N) is 1. The predicted octanol–water partition coefficient (Wildman–Crippen LogP) is 3.48. The number of fused-ring (bicyclic) bond motifs is 3. The van der Waals surface area contributed by atoms with Crippen molar-refractivity contribution in [1.82, 2.24) is 9.97 Å². The molecular weight excluding hydrogens is 240 g/mol. The highest BCUT2D eigenvalue weighted by atomic mass is 79.9. The lowest BCUT2D eigenvalue weighted by Gasteiger charge is -1.91. The smallest absolute Gasteiger partial charge is 0.138 e. The zero-order valence-corrected chi connectivity index (χ0v) is 8.41. The minimum absolute atomic E-state index is 0.0281. The third-order valence-corrected chi connectivity index (χ3v) is 2.32. The number of H-pyrrole nitrogens is 1. The highest BCUT2D eigenvalue weighted by Gasteiger charge is 2.03. The van der Waals surface area contributed by atoms with Gasteiger partial charge in [-0.3, -0.25) is 0 Å². The molecule has 2 heterocycles. The molecule has 3 aromatic rings. The average Bonchev–Trinajstić information content (AvgIpc) is 2.79. The number of hydrogen-bond acceptors (Lipinski definition) is 1. The van der Waals surface area contributed by atoms with E-state index in [2.05, 4.69) is 25.9 Å². The number of pyridine rings is 1. The molecule has 0 aliphatic heterocycles. The van der Waals surface area contributed by atoms with E-state index in [4.69, 9.17) is 8.22 Å². The molecular formula is C11H7BrN2. The summed E-state index contributed by atoms with van der Waals surface area (Å²) in [5.74, 6) is 0. The van der Waals surface area contributed by atoms with Gasteiger partial charge in [-0.05, 0) is 30.2 Å². The standard InChI is InChI=1S/C11H7BrN2/c12-7-3-4-10-9(6-7)8-2-1-5-13-11(8)14-10/h1-6H,(H,13,14)/i1D,2D,3D,4D,5D,6D. The molecule has 2 aromatic heterocycles. The summed E-state index contributed by atoms with van der Waals surface area (Å²) in [6.07, 6.45) is -0.336. The van der Waals surface area contributed by atoms with Crippen LogP contribution in [-0.2, 0) is 0 Å². The first-order valence-corrected chi connectivity index (χ1v) is 4.68. The topological polar surface area (TPSA) is 28.7 Å². The summed E-state index contributed by atoms with van der Waals surface area (Å²) in [5, 5.41) is 0.513. The Hall–Kier alpha value is -1.35. The molecule has 0 atom stereocenters. The van der Waals surface area contributed by atoms with Crippen molar-refractivity contribution in [2.45, 2.75) is 0 Å². The molecule has 0 saturated heterocycles. The molecule has 1 N–H and O–H groups in total. The van der Waals surface area contributed by atoms with Crippen LogP contribution in [0.2, 0.25) is 0 Å². The van der Waals surface area contributed by atoms with Crippen LogP contribution in [0, 0.1) is 0 Å². The molecule has 2 nitrogen and oxygen atoms in total. The second kappa shape index (κ2) is 2.82. The second-order valence-electron chi connectivity index (χ2n) is 2.76. The number of nitrogens with zero attached hydrogens (tertiary/aromatic N) is 1. The van der Waals surface area contributed by atoms with E-state index >= 15 is 0 Å². The third kappa shape index (κ3) is 1.06. The number of aromatic amines is 1. The molecule has 0 spiro atoms. The van der Waals surface area contributed by atoms with Crippen LogP contribution in [0.3, 0.4) is 0 Å². The summed E-state index contributed by atoms with van der Waals surface area (Å²) in [6.45, 7) is 0. The van der Waals surface area contributed by atoms with E-state index in [1.807, 2.05) is 0 Å². The molecule has 0 unspecified atom stereocenters. The van der Waals surface area contributed by atoms with Crippen LogP contribution in [0.25, 0.3) is 21.9 Å². The first-order chi connectivity index (χ1) is 9.34. The van der Waals surface area contributed by atoms with Gasteiger partial charge in [0.2, 0.25) is 0 Å². The quantitative estimate of drug-likeness (QED) is 0.652. The van der Waals surface area contributed by atoms with Crippen LogP contribution in [-0.4, -0.2) is 9.97 Å². The molecule has 0 aliphatic carbocycles. The zero-order valence-electron chi connectivity index (χ0n) is 12.8. The molecule has 1 aromatic carbocycles. The van der Waals surface area contributed by atoms with Crippen LogP contribution in [0.15, 0.2) is 40.9 Å². The molecule has 0 bridgehead atoms. The highest BCUT2D eigenvalue weighted by Crippen LogP contribution is 2.26. The van der Waals surface area contributed by atoms with Crippen molar-refractivity contribution in [3.8, 4) is 0 Å². The van der Waals surface area contributed by atoms with Gasteiger partial charge in [-0.2, -0.15) is 0 Å². The number of benzene rings is 1. The van der Waals surface area contributed by atoms with E-state index in [9.17, 15) is 0 Å². The Kier molecular flexibility index (Phi) is 0.811. The van der Waals surface area contributed by atoms with Crippen molar-refractivity contribution in [1.29, 1.82) is 0 Å². The summed E-state index contributed by atoms with van der Waals surface area (Å²) in [7, 11) is 0. The minimum Gasteiger partial charge on any atom is -0.339 e. The second-order valence-corrected chi connectivity index (χ2v) is 3.55. The number of aromatic nitrogens is 2. The van der Waals surface area contributed by atoms with E-state index in [0.29, 0.717) is 0 Å². The molecule has 0 radical (unpaired) electrons. The van der Waals surface area contributed by atoms with Gasteiger partial charge in [0, 0.05) is 26.9 Å². The van der Waals surface area contributed by atoms with Gasteiger partial charge in [0.15, 0.2) is 0 Å². The predicted molar refractivity (Wildman–Crippen MR) is 61.3 cm³/mol. The molecule has 68 valence electrons. The maximum absolute atomic E-state index is 8.06. The van der Waals surface area contributed by atoms with E-state index in [0.717, 1.165) is 0 Å². The molecule has 14 heavy (non-hydrogen) atoms. The van der Waals surface area contributed by atoms with E-state index in [1.165, 1.54) is 0 Å². The van der Waals surface area contributed by atoms with Crippen molar-refractivity contribution in [2.24, 2.45) is 0 Å². The Balaban J connectivity index is 2.69. The van der Waals surface area contributed by atoms with Crippen molar-refractivity contribution in [3.63, 3.8) is 0 Å². The van der Waals surface area contributed by atoms with Gasteiger partial charge < -0.3 is 4.98 Å². The van der Waals surface area contributed by atoms with Gasteiger partial charge in [0.1, 0.15) is 5.65 Å². The Morgan fingerprint density at radius 2 is 2.21 bits per heavy atom. The van der Waals surface area contributed by atoms with Crippen molar-refractivity contribution in [3.05, 3.63) is 40.9 Å².